The number of nitro benzene ring substituents is 1. The van der Waals surface area contributed by atoms with Crippen molar-refractivity contribution in [1.82, 2.24) is 5.32 Å². The molecule has 0 spiro atoms. The van der Waals surface area contributed by atoms with E-state index in [1.807, 2.05) is 0 Å². The molecule has 1 aromatic rings. The van der Waals surface area contributed by atoms with Gasteiger partial charge in [0.05, 0.1) is 12.0 Å². The lowest BCUT2D eigenvalue weighted by molar-refractivity contribution is -0.384. The molecule has 0 aliphatic heterocycles. The summed E-state index contributed by atoms with van der Waals surface area (Å²) in [7, 11) is 1.35. The Kier molecular flexibility index (Phi) is 8.12. The van der Waals surface area contributed by atoms with Crippen LogP contribution in [0.5, 0.6) is 0 Å². The van der Waals surface area contributed by atoms with Gasteiger partial charge in [-0.3, -0.25) is 14.9 Å². The standard InChI is InChI=1S/C15H20N2O6/c1-22-14(18)5-3-2-4-10-16-15(19)23-11-12-6-8-13(9-7-12)17(20)21/h6-9H,2-5,10-11H2,1H3,(H,16,19). The van der Waals surface area contributed by atoms with E-state index in [0.29, 0.717) is 24.9 Å². The Hall–Kier alpha value is -2.64. The monoisotopic (exact) mass is 324 g/mol. The normalized spacial score (nSPS) is 9.96. The first kappa shape index (κ1) is 18.4. The SMILES string of the molecule is COC(=O)CCCCCNC(=O)OCc1ccc([N+](=O)[O-])cc1. The fourth-order valence-corrected chi connectivity index (χ4v) is 1.78. The maximum absolute atomic E-state index is 11.5. The molecule has 0 unspecified atom stereocenters. The predicted molar refractivity (Wildman–Crippen MR) is 81.8 cm³/mol. The van der Waals surface area contributed by atoms with Gasteiger partial charge in [-0.1, -0.05) is 6.42 Å². The Morgan fingerprint density at radius 1 is 1.17 bits per heavy atom. The first-order valence-corrected chi connectivity index (χ1v) is 7.23. The molecule has 126 valence electrons. The number of non-ortho nitro benzene ring substituents is 1. The zero-order valence-corrected chi connectivity index (χ0v) is 12.9. The molecule has 1 amide bonds. The molecule has 8 nitrogen and oxygen atoms in total. The van der Waals surface area contributed by atoms with Gasteiger partial charge < -0.3 is 14.8 Å². The van der Waals surface area contributed by atoms with E-state index in [1.54, 1.807) is 0 Å². The number of hydrogen-bond donors (Lipinski definition) is 1. The molecule has 0 fully saturated rings. The molecule has 8 heteroatoms. The van der Waals surface area contributed by atoms with Gasteiger partial charge in [-0.15, -0.1) is 0 Å². The highest BCUT2D eigenvalue weighted by Gasteiger charge is 2.06. The Morgan fingerprint density at radius 2 is 1.87 bits per heavy atom. The summed E-state index contributed by atoms with van der Waals surface area (Å²) >= 11 is 0. The number of methoxy groups -OCH3 is 1. The van der Waals surface area contributed by atoms with Crippen LogP contribution in [0, 0.1) is 10.1 Å². The Balaban J connectivity index is 2.12. The fourth-order valence-electron chi connectivity index (χ4n) is 1.78. The van der Waals surface area contributed by atoms with Crippen LogP contribution < -0.4 is 5.32 Å². The van der Waals surface area contributed by atoms with Gasteiger partial charge >= 0.3 is 12.1 Å². The van der Waals surface area contributed by atoms with E-state index >= 15 is 0 Å². The summed E-state index contributed by atoms with van der Waals surface area (Å²) < 4.78 is 9.52. The topological polar surface area (TPSA) is 108 Å². The van der Waals surface area contributed by atoms with Crippen molar-refractivity contribution in [2.75, 3.05) is 13.7 Å². The maximum Gasteiger partial charge on any atom is 0.407 e. The minimum absolute atomic E-state index is 0.00911. The smallest absolute Gasteiger partial charge is 0.407 e. The number of nitrogens with zero attached hydrogens (tertiary/aromatic N) is 1. The number of benzene rings is 1. The summed E-state index contributed by atoms with van der Waals surface area (Å²) in [4.78, 5) is 32.4. The van der Waals surface area contributed by atoms with Crippen LogP contribution >= 0.6 is 0 Å². The van der Waals surface area contributed by atoms with Gasteiger partial charge in [0.15, 0.2) is 0 Å². The highest BCUT2D eigenvalue weighted by Crippen LogP contribution is 2.12. The van der Waals surface area contributed by atoms with Gasteiger partial charge in [-0.05, 0) is 30.5 Å². The van der Waals surface area contributed by atoms with Gasteiger partial charge in [0.2, 0.25) is 0 Å². The molecule has 1 aromatic carbocycles. The largest absolute Gasteiger partial charge is 0.469 e. The number of ether oxygens (including phenoxy) is 2. The number of hydrogen-bond acceptors (Lipinski definition) is 6. The Labute approximate surface area is 133 Å². The second-order valence-corrected chi connectivity index (χ2v) is 4.81. The molecule has 0 aliphatic rings. The van der Waals surface area contributed by atoms with E-state index < -0.39 is 11.0 Å². The number of carbonyl (C=O) groups is 2. The summed E-state index contributed by atoms with van der Waals surface area (Å²) in [6.07, 6.45) is 2.09. The molecule has 1 N–H and O–H groups in total. The number of rotatable bonds is 9. The summed E-state index contributed by atoms with van der Waals surface area (Å²) in [5, 5.41) is 13.1. The second-order valence-electron chi connectivity index (χ2n) is 4.81. The molecule has 0 atom stereocenters. The average Bonchev–Trinajstić information content (AvgIpc) is 2.56. The van der Waals surface area contributed by atoms with Crippen LogP contribution in [-0.2, 0) is 20.9 Å². The summed E-state index contributed by atoms with van der Waals surface area (Å²) in [6, 6.07) is 5.80. The van der Waals surface area contributed by atoms with Crippen molar-refractivity contribution in [2.45, 2.75) is 32.3 Å². The maximum atomic E-state index is 11.5. The Bertz CT molecular complexity index is 529. The van der Waals surface area contributed by atoms with Gasteiger partial charge in [-0.25, -0.2) is 4.79 Å². The van der Waals surface area contributed by atoms with Crippen molar-refractivity contribution >= 4 is 17.7 Å². The first-order chi connectivity index (χ1) is 11.0. The fraction of sp³-hybridized carbons (Fsp3) is 0.467. The van der Waals surface area contributed by atoms with Crippen LogP contribution in [0.3, 0.4) is 0 Å². The van der Waals surface area contributed by atoms with Crippen molar-refractivity contribution in [3.63, 3.8) is 0 Å². The molecule has 0 aliphatic carbocycles. The highest BCUT2D eigenvalue weighted by molar-refractivity contribution is 5.69. The van der Waals surface area contributed by atoms with Gasteiger partial charge in [0, 0.05) is 25.1 Å². The van der Waals surface area contributed by atoms with Gasteiger partial charge in [-0.2, -0.15) is 0 Å². The van der Waals surface area contributed by atoms with Crippen LogP contribution in [-0.4, -0.2) is 30.6 Å². The van der Waals surface area contributed by atoms with Crippen molar-refractivity contribution in [2.24, 2.45) is 0 Å². The third kappa shape index (κ3) is 7.79. The molecule has 0 saturated carbocycles. The lowest BCUT2D eigenvalue weighted by Crippen LogP contribution is -2.25. The number of nitrogens with one attached hydrogen (secondary N) is 1. The first-order valence-electron chi connectivity index (χ1n) is 7.23. The number of alkyl carbamates (subject to hydrolysis) is 1. The van der Waals surface area contributed by atoms with Crippen LogP contribution in [0.4, 0.5) is 10.5 Å². The lowest BCUT2D eigenvalue weighted by atomic mass is 10.2. The number of esters is 1. The molecule has 0 aromatic heterocycles. The quantitative estimate of drug-likeness (QED) is 0.324. The molecule has 0 saturated heterocycles. The zero-order valence-electron chi connectivity index (χ0n) is 12.9. The summed E-state index contributed by atoms with van der Waals surface area (Å²) in [5.41, 5.74) is 0.661. The van der Waals surface area contributed by atoms with Crippen molar-refractivity contribution in [1.29, 1.82) is 0 Å². The number of unbranched alkanes of at least 4 members (excludes halogenated alkanes) is 2. The third-order valence-electron chi connectivity index (χ3n) is 3.07. The van der Waals surface area contributed by atoms with E-state index in [1.165, 1.54) is 31.4 Å². The van der Waals surface area contributed by atoms with E-state index in [0.717, 1.165) is 12.8 Å². The van der Waals surface area contributed by atoms with Crippen LogP contribution in [0.25, 0.3) is 0 Å². The number of nitro groups is 1. The molecular formula is C15H20N2O6. The minimum Gasteiger partial charge on any atom is -0.469 e. The summed E-state index contributed by atoms with van der Waals surface area (Å²) in [5.74, 6) is -0.236. The predicted octanol–water partition coefficient (Wildman–Crippen LogP) is 2.55. The zero-order chi connectivity index (χ0) is 17.1. The summed E-state index contributed by atoms with van der Waals surface area (Å²) in [6.45, 7) is 0.506. The van der Waals surface area contributed by atoms with Crippen molar-refractivity contribution < 1.29 is 24.0 Å². The second kappa shape index (κ2) is 10.1. The van der Waals surface area contributed by atoms with Crippen LogP contribution in [0.15, 0.2) is 24.3 Å². The molecular weight excluding hydrogens is 304 g/mol. The van der Waals surface area contributed by atoms with E-state index in [2.05, 4.69) is 10.1 Å². The van der Waals surface area contributed by atoms with E-state index in [4.69, 9.17) is 4.74 Å². The van der Waals surface area contributed by atoms with Gasteiger partial charge in [0.1, 0.15) is 6.61 Å². The molecule has 23 heavy (non-hydrogen) atoms. The minimum atomic E-state index is -0.545. The molecule has 0 bridgehead atoms. The Morgan fingerprint density at radius 3 is 2.48 bits per heavy atom. The molecule has 1 rings (SSSR count). The van der Waals surface area contributed by atoms with Crippen molar-refractivity contribution in [3.8, 4) is 0 Å². The number of carbonyl (C=O) groups excluding carboxylic acids is 2. The van der Waals surface area contributed by atoms with E-state index in [9.17, 15) is 19.7 Å². The highest BCUT2D eigenvalue weighted by atomic mass is 16.6. The van der Waals surface area contributed by atoms with Crippen LogP contribution in [0.2, 0.25) is 0 Å². The van der Waals surface area contributed by atoms with Crippen molar-refractivity contribution in [3.05, 3.63) is 39.9 Å². The van der Waals surface area contributed by atoms with E-state index in [-0.39, 0.29) is 18.3 Å². The molecule has 0 heterocycles. The number of amides is 1. The lowest BCUT2D eigenvalue weighted by Gasteiger charge is -2.07. The third-order valence-corrected chi connectivity index (χ3v) is 3.07. The molecule has 0 radical (unpaired) electrons. The van der Waals surface area contributed by atoms with Gasteiger partial charge in [0.25, 0.3) is 5.69 Å². The van der Waals surface area contributed by atoms with Crippen LogP contribution in [0.1, 0.15) is 31.2 Å². The average molecular weight is 324 g/mol.